The smallest absolute Gasteiger partial charge is 0.251 e. The summed E-state index contributed by atoms with van der Waals surface area (Å²) in [7, 11) is 3.29. The fraction of sp³-hybridized carbons (Fsp3) is 0.263. The monoisotopic (exact) mass is 360 g/mol. The molecule has 0 saturated heterocycles. The predicted molar refractivity (Wildman–Crippen MR) is 97.9 cm³/mol. The van der Waals surface area contributed by atoms with Crippen LogP contribution in [0.5, 0.6) is 5.75 Å². The number of ether oxygens (including phenoxy) is 1. The van der Waals surface area contributed by atoms with E-state index in [2.05, 4.69) is 5.32 Å². The number of carbonyl (C=O) groups excluding carboxylic acids is 2. The van der Waals surface area contributed by atoms with Gasteiger partial charge in [-0.3, -0.25) is 9.59 Å². The Bertz CT molecular complexity index is 735. The summed E-state index contributed by atoms with van der Waals surface area (Å²) in [6, 6.07) is 14.2. The van der Waals surface area contributed by atoms with Crippen LogP contribution in [0.25, 0.3) is 0 Å². The third kappa shape index (κ3) is 5.50. The van der Waals surface area contributed by atoms with Gasteiger partial charge in [-0.2, -0.15) is 0 Å². The van der Waals surface area contributed by atoms with E-state index in [1.165, 1.54) is 0 Å². The Kier molecular flexibility index (Phi) is 6.83. The lowest BCUT2D eigenvalue weighted by Crippen LogP contribution is -2.32. The lowest BCUT2D eigenvalue weighted by Gasteiger charge is -2.19. The number of benzene rings is 2. The molecule has 132 valence electrons. The lowest BCUT2D eigenvalue weighted by atomic mass is 10.2. The Morgan fingerprint density at radius 3 is 2.56 bits per heavy atom. The Balaban J connectivity index is 1.84. The van der Waals surface area contributed by atoms with Crippen LogP contribution in [0, 0.1) is 0 Å². The zero-order chi connectivity index (χ0) is 18.2. The molecule has 2 rings (SSSR count). The van der Waals surface area contributed by atoms with Crippen molar-refractivity contribution in [3.05, 3.63) is 64.7 Å². The largest absolute Gasteiger partial charge is 0.496 e. The van der Waals surface area contributed by atoms with Crippen LogP contribution in [0.1, 0.15) is 22.3 Å². The van der Waals surface area contributed by atoms with Crippen LogP contribution in [0.2, 0.25) is 5.02 Å². The number of nitrogens with zero attached hydrogens (tertiary/aromatic N) is 1. The third-order valence-corrected chi connectivity index (χ3v) is 3.97. The zero-order valence-corrected chi connectivity index (χ0v) is 15.0. The number of hydrogen-bond acceptors (Lipinski definition) is 3. The van der Waals surface area contributed by atoms with Gasteiger partial charge in [0, 0.05) is 42.7 Å². The second kappa shape index (κ2) is 9.08. The van der Waals surface area contributed by atoms with Gasteiger partial charge in [-0.1, -0.05) is 29.8 Å². The second-order valence-corrected chi connectivity index (χ2v) is 6.01. The third-order valence-electron chi connectivity index (χ3n) is 3.74. The van der Waals surface area contributed by atoms with Crippen LogP contribution in [-0.4, -0.2) is 37.4 Å². The van der Waals surface area contributed by atoms with E-state index in [-0.39, 0.29) is 24.8 Å². The summed E-state index contributed by atoms with van der Waals surface area (Å²) in [6.45, 7) is 0.665. The maximum atomic E-state index is 12.3. The van der Waals surface area contributed by atoms with Crippen molar-refractivity contribution in [3.63, 3.8) is 0 Å². The molecule has 5 nitrogen and oxygen atoms in total. The number of carbonyl (C=O) groups is 2. The summed E-state index contributed by atoms with van der Waals surface area (Å²) in [6.07, 6.45) is 0.220. The van der Waals surface area contributed by atoms with Gasteiger partial charge < -0.3 is 15.0 Å². The summed E-state index contributed by atoms with van der Waals surface area (Å²) in [5.74, 6) is 0.421. The molecule has 0 spiro atoms. The molecule has 0 atom stereocenters. The highest BCUT2D eigenvalue weighted by atomic mass is 35.5. The summed E-state index contributed by atoms with van der Waals surface area (Å²) in [5.41, 5.74) is 1.41. The van der Waals surface area contributed by atoms with Crippen LogP contribution in [0.3, 0.4) is 0 Å². The van der Waals surface area contributed by atoms with Gasteiger partial charge in [0.2, 0.25) is 5.91 Å². The number of nitrogens with one attached hydrogen (secondary N) is 1. The highest BCUT2D eigenvalue weighted by molar-refractivity contribution is 6.30. The maximum Gasteiger partial charge on any atom is 0.251 e. The van der Waals surface area contributed by atoms with Gasteiger partial charge in [0.1, 0.15) is 5.75 Å². The van der Waals surface area contributed by atoms with Crippen molar-refractivity contribution in [1.82, 2.24) is 10.2 Å². The molecule has 0 radical (unpaired) electrons. The van der Waals surface area contributed by atoms with Gasteiger partial charge in [-0.25, -0.2) is 0 Å². The fourth-order valence-corrected chi connectivity index (χ4v) is 2.57. The van der Waals surface area contributed by atoms with Crippen molar-refractivity contribution in [2.45, 2.75) is 13.0 Å². The number of rotatable bonds is 7. The van der Waals surface area contributed by atoms with Gasteiger partial charge in [0.25, 0.3) is 5.91 Å². The average molecular weight is 361 g/mol. The van der Waals surface area contributed by atoms with E-state index in [9.17, 15) is 9.59 Å². The molecule has 0 fully saturated rings. The van der Waals surface area contributed by atoms with E-state index in [1.807, 2.05) is 6.07 Å². The van der Waals surface area contributed by atoms with E-state index in [0.29, 0.717) is 22.9 Å². The van der Waals surface area contributed by atoms with Crippen LogP contribution in [0.4, 0.5) is 0 Å². The minimum Gasteiger partial charge on any atom is -0.496 e. The Hall–Kier alpha value is -2.53. The Morgan fingerprint density at radius 1 is 1.16 bits per heavy atom. The number of amides is 2. The molecule has 0 aromatic heterocycles. The number of halogens is 1. The van der Waals surface area contributed by atoms with Crippen LogP contribution < -0.4 is 10.1 Å². The number of methoxy groups -OCH3 is 1. The molecule has 0 aliphatic heterocycles. The summed E-state index contributed by atoms with van der Waals surface area (Å²) in [5, 5.41) is 3.34. The molecule has 2 amide bonds. The molecule has 0 unspecified atom stereocenters. The molecule has 0 aliphatic rings. The Morgan fingerprint density at radius 2 is 1.88 bits per heavy atom. The molecular formula is C19H21ClN2O3. The molecule has 0 aliphatic carbocycles. The first-order valence-corrected chi connectivity index (χ1v) is 8.28. The normalized spacial score (nSPS) is 10.2. The molecule has 0 saturated carbocycles. The van der Waals surface area contributed by atoms with Crippen molar-refractivity contribution in [1.29, 1.82) is 0 Å². The van der Waals surface area contributed by atoms with Gasteiger partial charge in [0.15, 0.2) is 0 Å². The molecule has 1 N–H and O–H groups in total. The van der Waals surface area contributed by atoms with E-state index in [1.54, 1.807) is 61.5 Å². The standard InChI is InChI=1S/C19H21ClN2O3/c1-22(13-15-12-16(20)8-9-17(15)25-2)18(23)10-11-21-19(24)14-6-4-3-5-7-14/h3-9,12H,10-11,13H2,1-2H3,(H,21,24). The van der Waals surface area contributed by atoms with Crippen LogP contribution in [-0.2, 0) is 11.3 Å². The summed E-state index contributed by atoms with van der Waals surface area (Å²) >= 11 is 6.01. The maximum absolute atomic E-state index is 12.3. The highest BCUT2D eigenvalue weighted by Gasteiger charge is 2.13. The SMILES string of the molecule is COc1ccc(Cl)cc1CN(C)C(=O)CCNC(=O)c1ccccc1. The van der Waals surface area contributed by atoms with Crippen molar-refractivity contribution in [3.8, 4) is 5.75 Å². The Labute approximate surface area is 152 Å². The summed E-state index contributed by atoms with van der Waals surface area (Å²) in [4.78, 5) is 25.8. The molecule has 2 aromatic rings. The minimum absolute atomic E-state index is 0.0737. The second-order valence-electron chi connectivity index (χ2n) is 5.58. The van der Waals surface area contributed by atoms with E-state index >= 15 is 0 Å². The first kappa shape index (κ1) is 18.8. The molecular weight excluding hydrogens is 340 g/mol. The predicted octanol–water partition coefficient (Wildman–Crippen LogP) is 3.13. The van der Waals surface area contributed by atoms with E-state index in [4.69, 9.17) is 16.3 Å². The van der Waals surface area contributed by atoms with Gasteiger partial charge >= 0.3 is 0 Å². The molecule has 0 heterocycles. The average Bonchev–Trinajstić information content (AvgIpc) is 2.62. The quantitative estimate of drug-likeness (QED) is 0.825. The van der Waals surface area contributed by atoms with E-state index in [0.717, 1.165) is 5.56 Å². The van der Waals surface area contributed by atoms with E-state index < -0.39 is 0 Å². The van der Waals surface area contributed by atoms with Crippen molar-refractivity contribution >= 4 is 23.4 Å². The fourth-order valence-electron chi connectivity index (χ4n) is 2.38. The highest BCUT2D eigenvalue weighted by Crippen LogP contribution is 2.23. The first-order chi connectivity index (χ1) is 12.0. The van der Waals surface area contributed by atoms with Crippen molar-refractivity contribution in [2.24, 2.45) is 0 Å². The first-order valence-electron chi connectivity index (χ1n) is 7.91. The molecule has 25 heavy (non-hydrogen) atoms. The topological polar surface area (TPSA) is 58.6 Å². The zero-order valence-electron chi connectivity index (χ0n) is 14.3. The van der Waals surface area contributed by atoms with Crippen LogP contribution in [0.15, 0.2) is 48.5 Å². The molecule has 0 bridgehead atoms. The molecule has 2 aromatic carbocycles. The van der Waals surface area contributed by atoms with Gasteiger partial charge in [0.05, 0.1) is 7.11 Å². The number of hydrogen-bond donors (Lipinski definition) is 1. The van der Waals surface area contributed by atoms with Crippen LogP contribution >= 0.6 is 11.6 Å². The van der Waals surface area contributed by atoms with Crippen molar-refractivity contribution in [2.75, 3.05) is 20.7 Å². The van der Waals surface area contributed by atoms with Gasteiger partial charge in [-0.15, -0.1) is 0 Å². The lowest BCUT2D eigenvalue weighted by molar-refractivity contribution is -0.130. The van der Waals surface area contributed by atoms with Crippen molar-refractivity contribution < 1.29 is 14.3 Å². The minimum atomic E-state index is -0.187. The molecule has 6 heteroatoms. The van der Waals surface area contributed by atoms with Gasteiger partial charge in [-0.05, 0) is 30.3 Å². The summed E-state index contributed by atoms with van der Waals surface area (Å²) < 4.78 is 5.29.